The molecule has 0 unspecified atom stereocenters. The molecule has 0 aliphatic heterocycles. The Hall–Kier alpha value is -0.0200. The third-order valence-corrected chi connectivity index (χ3v) is 4.07. The van der Waals surface area contributed by atoms with E-state index in [2.05, 4.69) is 31.9 Å². The smallest absolute Gasteiger partial charge is 0.100 e. The Morgan fingerprint density at radius 1 is 0.882 bits per heavy atom. The summed E-state index contributed by atoms with van der Waals surface area (Å²) in [6.45, 7) is 0. The predicted octanol–water partition coefficient (Wildman–Crippen LogP) is 6.35. The number of hydrogen-bond acceptors (Lipinski definition) is 0. The van der Waals surface area contributed by atoms with Crippen LogP contribution in [-0.2, 0) is 0 Å². The van der Waals surface area contributed by atoms with Crippen LogP contribution in [0.4, 0.5) is 0 Å². The SMILES string of the molecule is ClC(Cl)c1cc(Br)ccc1-c1ccccc1Br. The van der Waals surface area contributed by atoms with Crippen LogP contribution in [0.1, 0.15) is 10.4 Å². The normalized spacial score (nSPS) is 10.9. The molecular formula is C13H8Br2Cl2. The van der Waals surface area contributed by atoms with E-state index in [9.17, 15) is 0 Å². The summed E-state index contributed by atoms with van der Waals surface area (Å²) in [5.41, 5.74) is 3.02. The summed E-state index contributed by atoms with van der Waals surface area (Å²) in [6.07, 6.45) is 0. The van der Waals surface area contributed by atoms with Gasteiger partial charge in [-0.2, -0.15) is 0 Å². The Balaban J connectivity index is 2.63. The van der Waals surface area contributed by atoms with Crippen molar-refractivity contribution in [2.45, 2.75) is 4.84 Å². The van der Waals surface area contributed by atoms with E-state index in [1.807, 2.05) is 42.5 Å². The van der Waals surface area contributed by atoms with Gasteiger partial charge in [-0.3, -0.25) is 0 Å². The fraction of sp³-hybridized carbons (Fsp3) is 0.0769. The molecule has 0 N–H and O–H groups in total. The molecule has 0 spiro atoms. The lowest BCUT2D eigenvalue weighted by molar-refractivity contribution is 1.33. The second-order valence-corrected chi connectivity index (χ2v) is 6.38. The molecule has 0 aliphatic carbocycles. The molecule has 0 bridgehead atoms. The lowest BCUT2D eigenvalue weighted by atomic mass is 10.0. The number of rotatable bonds is 2. The van der Waals surface area contributed by atoms with Crippen molar-refractivity contribution in [2.75, 3.05) is 0 Å². The van der Waals surface area contributed by atoms with E-state index in [1.165, 1.54) is 0 Å². The molecule has 4 heteroatoms. The summed E-state index contributed by atoms with van der Waals surface area (Å²) in [5, 5.41) is 0. The van der Waals surface area contributed by atoms with Gasteiger partial charge in [-0.1, -0.05) is 56.1 Å². The first kappa shape index (κ1) is 13.4. The summed E-state index contributed by atoms with van der Waals surface area (Å²) in [4.78, 5) is -0.547. The molecule has 17 heavy (non-hydrogen) atoms. The van der Waals surface area contributed by atoms with Gasteiger partial charge in [-0.15, -0.1) is 23.2 Å². The lowest BCUT2D eigenvalue weighted by Gasteiger charge is -2.12. The van der Waals surface area contributed by atoms with Gasteiger partial charge in [0.05, 0.1) is 0 Å². The van der Waals surface area contributed by atoms with Gasteiger partial charge >= 0.3 is 0 Å². The first-order chi connectivity index (χ1) is 8.09. The van der Waals surface area contributed by atoms with Crippen molar-refractivity contribution in [1.29, 1.82) is 0 Å². The van der Waals surface area contributed by atoms with Gasteiger partial charge in [-0.05, 0) is 34.9 Å². The Labute approximate surface area is 127 Å². The largest absolute Gasteiger partial charge is 0.133 e. The average Bonchev–Trinajstić information content (AvgIpc) is 2.30. The molecule has 0 saturated heterocycles. The molecule has 0 nitrogen and oxygen atoms in total. The van der Waals surface area contributed by atoms with Gasteiger partial charge in [0.25, 0.3) is 0 Å². The molecular weight excluding hydrogens is 387 g/mol. The van der Waals surface area contributed by atoms with Gasteiger partial charge in [0.2, 0.25) is 0 Å². The summed E-state index contributed by atoms with van der Waals surface area (Å²) in [7, 11) is 0. The molecule has 0 heterocycles. The van der Waals surface area contributed by atoms with Crippen molar-refractivity contribution in [3.8, 4) is 11.1 Å². The number of hydrogen-bond donors (Lipinski definition) is 0. The fourth-order valence-electron chi connectivity index (χ4n) is 1.64. The van der Waals surface area contributed by atoms with Crippen LogP contribution in [0.5, 0.6) is 0 Å². The van der Waals surface area contributed by atoms with Crippen LogP contribution in [-0.4, -0.2) is 0 Å². The maximum Gasteiger partial charge on any atom is 0.133 e. The average molecular weight is 395 g/mol. The van der Waals surface area contributed by atoms with Crippen molar-refractivity contribution in [1.82, 2.24) is 0 Å². The number of halogens is 4. The molecule has 0 radical (unpaired) electrons. The zero-order chi connectivity index (χ0) is 12.4. The second-order valence-electron chi connectivity index (χ2n) is 3.51. The van der Waals surface area contributed by atoms with Crippen molar-refractivity contribution >= 4 is 55.1 Å². The molecule has 2 aromatic rings. The molecule has 0 aromatic heterocycles. The first-order valence-electron chi connectivity index (χ1n) is 4.92. The molecule has 0 fully saturated rings. The standard InChI is InChI=1S/C13H8Br2Cl2/c14-8-5-6-9(11(7-8)13(16)17)10-3-1-2-4-12(10)15/h1-7,13H. The van der Waals surface area contributed by atoms with Crippen molar-refractivity contribution in [3.63, 3.8) is 0 Å². The van der Waals surface area contributed by atoms with Crippen LogP contribution >= 0.6 is 55.1 Å². The highest BCUT2D eigenvalue weighted by Crippen LogP contribution is 2.38. The van der Waals surface area contributed by atoms with Crippen molar-refractivity contribution in [2.24, 2.45) is 0 Å². The quantitative estimate of drug-likeness (QED) is 0.520. The maximum atomic E-state index is 6.01. The van der Waals surface area contributed by atoms with Crippen LogP contribution in [0, 0.1) is 0 Å². The van der Waals surface area contributed by atoms with Crippen molar-refractivity contribution < 1.29 is 0 Å². The Kier molecular flexibility index (Phi) is 4.53. The van der Waals surface area contributed by atoms with Crippen molar-refractivity contribution in [3.05, 3.63) is 57.0 Å². The lowest BCUT2D eigenvalue weighted by Crippen LogP contribution is -1.89. The highest BCUT2D eigenvalue weighted by molar-refractivity contribution is 9.10. The second kappa shape index (κ2) is 5.75. The molecule has 0 amide bonds. The monoisotopic (exact) mass is 392 g/mol. The van der Waals surface area contributed by atoms with E-state index in [4.69, 9.17) is 23.2 Å². The zero-order valence-corrected chi connectivity index (χ0v) is 13.3. The van der Waals surface area contributed by atoms with Crippen LogP contribution in [0.15, 0.2) is 51.4 Å². The summed E-state index contributed by atoms with van der Waals surface area (Å²) >= 11 is 19.0. The zero-order valence-electron chi connectivity index (χ0n) is 8.63. The Bertz CT molecular complexity index is 539. The molecule has 0 saturated carbocycles. The van der Waals surface area contributed by atoms with Gasteiger partial charge in [0.1, 0.15) is 4.84 Å². The van der Waals surface area contributed by atoms with E-state index in [1.54, 1.807) is 0 Å². The van der Waals surface area contributed by atoms with E-state index in [0.29, 0.717) is 0 Å². The third kappa shape index (κ3) is 3.05. The summed E-state index contributed by atoms with van der Waals surface area (Å²) in [6, 6.07) is 13.9. The van der Waals surface area contributed by atoms with Gasteiger partial charge in [0.15, 0.2) is 0 Å². The number of alkyl halides is 2. The van der Waals surface area contributed by atoms with Crippen LogP contribution in [0.3, 0.4) is 0 Å². The van der Waals surface area contributed by atoms with E-state index in [0.717, 1.165) is 25.6 Å². The molecule has 2 aromatic carbocycles. The highest BCUT2D eigenvalue weighted by Gasteiger charge is 2.13. The maximum absolute atomic E-state index is 6.01. The van der Waals surface area contributed by atoms with Crippen LogP contribution in [0.2, 0.25) is 0 Å². The van der Waals surface area contributed by atoms with Crippen LogP contribution in [0.25, 0.3) is 11.1 Å². The minimum Gasteiger partial charge on any atom is -0.100 e. The van der Waals surface area contributed by atoms with Crippen LogP contribution < -0.4 is 0 Å². The highest BCUT2D eigenvalue weighted by atomic mass is 79.9. The molecule has 2 rings (SSSR count). The third-order valence-electron chi connectivity index (χ3n) is 2.41. The predicted molar refractivity (Wildman–Crippen MR) is 81.7 cm³/mol. The van der Waals surface area contributed by atoms with Gasteiger partial charge in [0, 0.05) is 8.95 Å². The summed E-state index contributed by atoms with van der Waals surface area (Å²) < 4.78 is 1.99. The van der Waals surface area contributed by atoms with Gasteiger partial charge in [-0.25, -0.2) is 0 Å². The fourth-order valence-corrected chi connectivity index (χ4v) is 2.88. The molecule has 88 valence electrons. The minimum absolute atomic E-state index is 0.547. The Morgan fingerprint density at radius 3 is 2.24 bits per heavy atom. The summed E-state index contributed by atoms with van der Waals surface area (Å²) in [5.74, 6) is 0. The Morgan fingerprint density at radius 2 is 1.59 bits per heavy atom. The first-order valence-corrected chi connectivity index (χ1v) is 7.38. The number of benzene rings is 2. The molecule has 0 atom stereocenters. The molecule has 0 aliphatic rings. The van der Waals surface area contributed by atoms with E-state index < -0.39 is 4.84 Å². The van der Waals surface area contributed by atoms with Gasteiger partial charge < -0.3 is 0 Å². The topological polar surface area (TPSA) is 0 Å². The van der Waals surface area contributed by atoms with E-state index in [-0.39, 0.29) is 0 Å². The minimum atomic E-state index is -0.547. The van der Waals surface area contributed by atoms with E-state index >= 15 is 0 Å².